The van der Waals surface area contributed by atoms with Gasteiger partial charge in [-0.2, -0.15) is 0 Å². The molecule has 0 saturated carbocycles. The number of halogens is 1. The van der Waals surface area contributed by atoms with Crippen LogP contribution in [-0.4, -0.2) is 37.6 Å². The van der Waals surface area contributed by atoms with Crippen LogP contribution in [0.4, 0.5) is 4.39 Å². The molecule has 0 aliphatic carbocycles. The van der Waals surface area contributed by atoms with Gasteiger partial charge in [0.15, 0.2) is 0 Å². The second kappa shape index (κ2) is 5.15. The predicted molar refractivity (Wildman–Crippen MR) is 68.6 cm³/mol. The van der Waals surface area contributed by atoms with Gasteiger partial charge in [0.1, 0.15) is 5.82 Å². The van der Waals surface area contributed by atoms with Crippen LogP contribution in [0.2, 0.25) is 0 Å². The van der Waals surface area contributed by atoms with Crippen molar-refractivity contribution in [2.45, 2.75) is 24.8 Å². The maximum absolute atomic E-state index is 12.9. The van der Waals surface area contributed by atoms with Gasteiger partial charge in [0.25, 0.3) is 0 Å². The summed E-state index contributed by atoms with van der Waals surface area (Å²) >= 11 is 0. The molecule has 1 heterocycles. The van der Waals surface area contributed by atoms with Crippen LogP contribution in [0.3, 0.4) is 0 Å². The predicted octanol–water partition coefficient (Wildman–Crippen LogP) is 2.05. The Morgan fingerprint density at radius 2 is 2.00 bits per heavy atom. The van der Waals surface area contributed by atoms with Crippen molar-refractivity contribution in [1.29, 1.82) is 0 Å². The van der Waals surface area contributed by atoms with Crippen molar-refractivity contribution >= 4 is 0 Å². The molecule has 0 spiro atoms. The molecule has 0 amide bonds. The molecule has 1 fully saturated rings. The topological polar surface area (TPSA) is 15.3 Å². The highest BCUT2D eigenvalue weighted by molar-refractivity contribution is 5.20. The summed E-state index contributed by atoms with van der Waals surface area (Å²) in [5, 5.41) is 3.63. The van der Waals surface area contributed by atoms with Crippen LogP contribution in [0.25, 0.3) is 0 Å². The molecule has 2 rings (SSSR count). The van der Waals surface area contributed by atoms with Crippen LogP contribution in [-0.2, 0) is 6.42 Å². The second-order valence-corrected chi connectivity index (χ2v) is 5.35. The van der Waals surface area contributed by atoms with Crippen LogP contribution in [0.1, 0.15) is 18.4 Å². The van der Waals surface area contributed by atoms with Crippen molar-refractivity contribution < 1.29 is 4.39 Å². The maximum Gasteiger partial charge on any atom is 0.123 e. The Labute approximate surface area is 103 Å². The molecular weight excluding hydrogens is 215 g/mol. The van der Waals surface area contributed by atoms with E-state index >= 15 is 0 Å². The van der Waals surface area contributed by atoms with Gasteiger partial charge in [-0.25, -0.2) is 4.39 Å². The lowest BCUT2D eigenvalue weighted by Crippen LogP contribution is -2.49. The van der Waals surface area contributed by atoms with Gasteiger partial charge in [-0.05, 0) is 57.6 Å². The van der Waals surface area contributed by atoms with E-state index in [1.165, 1.54) is 18.4 Å². The molecule has 1 saturated heterocycles. The Hall–Kier alpha value is -0.930. The minimum atomic E-state index is -0.158. The van der Waals surface area contributed by atoms with Crippen molar-refractivity contribution in [1.82, 2.24) is 10.2 Å². The van der Waals surface area contributed by atoms with Crippen LogP contribution in [0.15, 0.2) is 24.3 Å². The Morgan fingerprint density at radius 3 is 2.53 bits per heavy atom. The van der Waals surface area contributed by atoms with Crippen LogP contribution >= 0.6 is 0 Å². The highest BCUT2D eigenvalue weighted by Crippen LogP contribution is 2.25. The van der Waals surface area contributed by atoms with Gasteiger partial charge >= 0.3 is 0 Å². The van der Waals surface area contributed by atoms with Crippen LogP contribution < -0.4 is 5.32 Å². The molecule has 2 nitrogen and oxygen atoms in total. The summed E-state index contributed by atoms with van der Waals surface area (Å²) in [5.74, 6) is -0.158. The third kappa shape index (κ3) is 3.27. The molecule has 1 N–H and O–H groups in total. The van der Waals surface area contributed by atoms with E-state index in [1.807, 2.05) is 12.1 Å². The molecule has 1 aliphatic heterocycles. The standard InChI is InChI=1S/C14H21FN2/c1-17(2)11-14(8-3-9-16-14)10-12-4-6-13(15)7-5-12/h4-7,16H,3,8-11H2,1-2H3. The molecule has 0 radical (unpaired) electrons. The largest absolute Gasteiger partial charge is 0.310 e. The van der Waals surface area contributed by atoms with E-state index in [2.05, 4.69) is 24.3 Å². The van der Waals surface area contributed by atoms with Gasteiger partial charge < -0.3 is 10.2 Å². The minimum absolute atomic E-state index is 0.158. The summed E-state index contributed by atoms with van der Waals surface area (Å²) in [5.41, 5.74) is 1.38. The van der Waals surface area contributed by atoms with Gasteiger partial charge in [0.2, 0.25) is 0 Å². The number of hydrogen-bond donors (Lipinski definition) is 1. The zero-order chi connectivity index (χ0) is 12.3. The van der Waals surface area contributed by atoms with Crippen molar-refractivity contribution in [2.75, 3.05) is 27.2 Å². The van der Waals surface area contributed by atoms with E-state index in [9.17, 15) is 4.39 Å². The van der Waals surface area contributed by atoms with Gasteiger partial charge in [0.05, 0.1) is 0 Å². The Kier molecular flexibility index (Phi) is 3.79. The smallest absolute Gasteiger partial charge is 0.123 e. The number of nitrogens with one attached hydrogen (secondary N) is 1. The summed E-state index contributed by atoms with van der Waals surface area (Å²) in [6.07, 6.45) is 3.41. The molecule has 0 bridgehead atoms. The fourth-order valence-electron chi connectivity index (χ4n) is 2.81. The van der Waals surface area contributed by atoms with Gasteiger partial charge in [-0.1, -0.05) is 12.1 Å². The fourth-order valence-corrected chi connectivity index (χ4v) is 2.81. The molecule has 1 atom stereocenters. The first kappa shape index (κ1) is 12.5. The zero-order valence-corrected chi connectivity index (χ0v) is 10.7. The molecule has 1 aromatic carbocycles. The second-order valence-electron chi connectivity index (χ2n) is 5.35. The Balaban J connectivity index is 2.09. The summed E-state index contributed by atoms with van der Waals surface area (Å²) in [7, 11) is 4.21. The lowest BCUT2D eigenvalue weighted by molar-refractivity contribution is 0.255. The SMILES string of the molecule is CN(C)CC1(Cc2ccc(F)cc2)CCCN1. The third-order valence-electron chi connectivity index (χ3n) is 3.41. The Morgan fingerprint density at radius 1 is 1.29 bits per heavy atom. The van der Waals surface area contributed by atoms with Crippen LogP contribution in [0.5, 0.6) is 0 Å². The van der Waals surface area contributed by atoms with Crippen molar-refractivity contribution in [3.8, 4) is 0 Å². The fraction of sp³-hybridized carbons (Fsp3) is 0.571. The Bertz CT molecular complexity index is 353. The molecule has 94 valence electrons. The van der Waals surface area contributed by atoms with Crippen molar-refractivity contribution in [3.05, 3.63) is 35.6 Å². The number of benzene rings is 1. The first-order valence-electron chi connectivity index (χ1n) is 6.24. The summed E-state index contributed by atoms with van der Waals surface area (Å²) in [6, 6.07) is 6.89. The number of hydrogen-bond acceptors (Lipinski definition) is 2. The van der Waals surface area contributed by atoms with E-state index < -0.39 is 0 Å². The molecular formula is C14H21FN2. The summed E-state index contributed by atoms with van der Waals surface area (Å²) < 4.78 is 12.9. The van der Waals surface area contributed by atoms with E-state index in [1.54, 1.807) is 12.1 Å². The molecule has 1 aromatic rings. The third-order valence-corrected chi connectivity index (χ3v) is 3.41. The monoisotopic (exact) mass is 236 g/mol. The van der Waals surface area contributed by atoms with Gasteiger partial charge in [0, 0.05) is 12.1 Å². The van der Waals surface area contributed by atoms with Crippen molar-refractivity contribution in [3.63, 3.8) is 0 Å². The number of rotatable bonds is 4. The summed E-state index contributed by atoms with van der Waals surface area (Å²) in [6.45, 7) is 2.12. The molecule has 3 heteroatoms. The minimum Gasteiger partial charge on any atom is -0.310 e. The average Bonchev–Trinajstić information content (AvgIpc) is 2.69. The lowest BCUT2D eigenvalue weighted by atomic mass is 9.89. The zero-order valence-electron chi connectivity index (χ0n) is 10.7. The average molecular weight is 236 g/mol. The molecule has 1 unspecified atom stereocenters. The summed E-state index contributed by atoms with van der Waals surface area (Å²) in [4.78, 5) is 2.22. The van der Waals surface area contributed by atoms with Gasteiger partial charge in [-0.3, -0.25) is 0 Å². The number of nitrogens with zero attached hydrogens (tertiary/aromatic N) is 1. The maximum atomic E-state index is 12.9. The molecule has 0 aromatic heterocycles. The van der Waals surface area contributed by atoms with Gasteiger partial charge in [-0.15, -0.1) is 0 Å². The highest BCUT2D eigenvalue weighted by atomic mass is 19.1. The lowest BCUT2D eigenvalue weighted by Gasteiger charge is -2.32. The normalized spacial score (nSPS) is 24.5. The van der Waals surface area contributed by atoms with Crippen molar-refractivity contribution in [2.24, 2.45) is 0 Å². The first-order valence-corrected chi connectivity index (χ1v) is 6.24. The quantitative estimate of drug-likeness (QED) is 0.860. The molecule has 17 heavy (non-hydrogen) atoms. The first-order chi connectivity index (χ1) is 8.10. The van der Waals surface area contributed by atoms with E-state index in [0.29, 0.717) is 0 Å². The van der Waals surface area contributed by atoms with Crippen LogP contribution in [0, 0.1) is 5.82 Å². The molecule has 1 aliphatic rings. The van der Waals surface area contributed by atoms with E-state index in [0.717, 1.165) is 19.5 Å². The number of likely N-dealkylation sites (N-methyl/N-ethyl adjacent to an activating group) is 1. The highest BCUT2D eigenvalue weighted by Gasteiger charge is 2.33. The van der Waals surface area contributed by atoms with E-state index in [-0.39, 0.29) is 11.4 Å². The van der Waals surface area contributed by atoms with E-state index in [4.69, 9.17) is 0 Å².